The first-order valence-corrected chi connectivity index (χ1v) is 13.9. The number of hydrogen-bond acceptors (Lipinski definition) is 6. The molecule has 206 valence electrons. The summed E-state index contributed by atoms with van der Waals surface area (Å²) in [4.78, 5) is 20.9. The standard InChI is InChI=1S/C27H33F2N3O5S/c1-16-19(12-11-18-10-9-17(15-31-18)20-8-7-13-30-23(20)37-6)22-21(14-27(16,28)29)38(35,36)32(24(33)34)26(22,5)25(2,3)4/h7-13,15-16,19,21-22H,14H2,1-6H3,(H,33,34)/t16-,19-,21+,22-,26+/m0/s1. The minimum atomic E-state index is -4.54. The fourth-order valence-electron chi connectivity index (χ4n) is 6.03. The van der Waals surface area contributed by atoms with Crippen molar-refractivity contribution in [2.45, 2.75) is 57.8 Å². The van der Waals surface area contributed by atoms with Crippen LogP contribution in [-0.4, -0.2) is 57.7 Å². The first-order valence-electron chi connectivity index (χ1n) is 12.4. The molecule has 2 aromatic rings. The Bertz CT molecular complexity index is 1360. The molecule has 1 saturated heterocycles. The molecular formula is C27H33F2N3O5S. The number of carboxylic acid groups (broad SMARTS) is 1. The number of ether oxygens (including phenoxy) is 1. The summed E-state index contributed by atoms with van der Waals surface area (Å²) in [6.07, 6.45) is 3.84. The number of nitrogens with zero attached hydrogens (tertiary/aromatic N) is 3. The summed E-state index contributed by atoms with van der Waals surface area (Å²) in [5.41, 5.74) is -0.325. The third kappa shape index (κ3) is 4.24. The lowest BCUT2D eigenvalue weighted by Crippen LogP contribution is -2.60. The number of allylic oxidation sites excluding steroid dienone is 1. The Kier molecular flexibility index (Phi) is 6.83. The number of fused-ring (bicyclic) bond motifs is 1. The summed E-state index contributed by atoms with van der Waals surface area (Å²) in [7, 11) is -3.03. The molecule has 0 bridgehead atoms. The molecule has 1 aliphatic heterocycles. The van der Waals surface area contributed by atoms with Gasteiger partial charge < -0.3 is 9.84 Å². The van der Waals surface area contributed by atoms with Gasteiger partial charge in [0, 0.05) is 41.8 Å². The van der Waals surface area contributed by atoms with Gasteiger partial charge in [0.2, 0.25) is 15.9 Å². The molecule has 0 radical (unpaired) electrons. The molecule has 2 aromatic heterocycles. The Morgan fingerprint density at radius 1 is 1.24 bits per heavy atom. The van der Waals surface area contributed by atoms with E-state index in [0.717, 1.165) is 11.1 Å². The minimum Gasteiger partial charge on any atom is -0.481 e. The largest absolute Gasteiger partial charge is 0.481 e. The van der Waals surface area contributed by atoms with Gasteiger partial charge in [-0.25, -0.2) is 27.0 Å². The van der Waals surface area contributed by atoms with Gasteiger partial charge in [-0.3, -0.25) is 4.98 Å². The van der Waals surface area contributed by atoms with Crippen LogP contribution in [0.25, 0.3) is 17.2 Å². The molecule has 1 saturated carbocycles. The van der Waals surface area contributed by atoms with Crippen LogP contribution in [0.2, 0.25) is 0 Å². The van der Waals surface area contributed by atoms with Crippen LogP contribution < -0.4 is 4.74 Å². The lowest BCUT2D eigenvalue weighted by molar-refractivity contribution is -0.125. The van der Waals surface area contributed by atoms with Crippen molar-refractivity contribution in [1.82, 2.24) is 14.3 Å². The molecule has 11 heteroatoms. The van der Waals surface area contributed by atoms with Crippen molar-refractivity contribution in [1.29, 1.82) is 0 Å². The number of amides is 1. The molecule has 0 spiro atoms. The number of carbonyl (C=O) groups is 1. The Labute approximate surface area is 221 Å². The van der Waals surface area contributed by atoms with Gasteiger partial charge in [0.15, 0.2) is 0 Å². The maximum absolute atomic E-state index is 15.2. The fraction of sp³-hybridized carbons (Fsp3) is 0.519. The van der Waals surface area contributed by atoms with E-state index in [-0.39, 0.29) is 0 Å². The summed E-state index contributed by atoms with van der Waals surface area (Å²) in [6.45, 7) is 8.19. The van der Waals surface area contributed by atoms with E-state index in [2.05, 4.69) is 9.97 Å². The first-order chi connectivity index (χ1) is 17.6. The van der Waals surface area contributed by atoms with Crippen LogP contribution in [0.3, 0.4) is 0 Å². The van der Waals surface area contributed by atoms with Crippen LogP contribution in [0.4, 0.5) is 13.6 Å². The van der Waals surface area contributed by atoms with E-state index in [1.807, 2.05) is 6.07 Å². The lowest BCUT2D eigenvalue weighted by atomic mass is 9.57. The van der Waals surface area contributed by atoms with E-state index >= 15 is 8.78 Å². The minimum absolute atomic E-state index is 0.439. The van der Waals surface area contributed by atoms with Crippen molar-refractivity contribution in [3.8, 4) is 17.0 Å². The highest BCUT2D eigenvalue weighted by Gasteiger charge is 2.72. The number of rotatable bonds is 4. The quantitative estimate of drug-likeness (QED) is 0.531. The molecule has 2 fully saturated rings. The number of aromatic nitrogens is 2. The number of methoxy groups -OCH3 is 1. The summed E-state index contributed by atoms with van der Waals surface area (Å²) in [6, 6.07) is 7.14. The zero-order valence-corrected chi connectivity index (χ0v) is 23.0. The number of pyridine rings is 2. The Hall–Kier alpha value is -3.08. The average molecular weight is 550 g/mol. The summed E-state index contributed by atoms with van der Waals surface area (Å²) < 4.78 is 63.1. The molecule has 1 amide bonds. The van der Waals surface area contributed by atoms with Gasteiger partial charge in [0.25, 0.3) is 5.92 Å². The highest BCUT2D eigenvalue weighted by atomic mass is 32.2. The lowest BCUT2D eigenvalue weighted by Gasteiger charge is -2.51. The molecule has 4 rings (SSSR count). The van der Waals surface area contributed by atoms with E-state index in [9.17, 15) is 18.3 Å². The van der Waals surface area contributed by atoms with Gasteiger partial charge in [0.05, 0.1) is 23.6 Å². The first kappa shape index (κ1) is 27.9. The maximum Gasteiger partial charge on any atom is 0.421 e. The van der Waals surface area contributed by atoms with E-state index in [1.54, 1.807) is 70.4 Å². The molecule has 5 atom stereocenters. The molecule has 8 nitrogen and oxygen atoms in total. The van der Waals surface area contributed by atoms with E-state index in [0.29, 0.717) is 15.9 Å². The normalized spacial score (nSPS) is 30.3. The Balaban J connectivity index is 1.77. The van der Waals surface area contributed by atoms with E-state index in [4.69, 9.17) is 4.74 Å². The summed E-state index contributed by atoms with van der Waals surface area (Å²) >= 11 is 0. The molecule has 1 N–H and O–H groups in total. The SMILES string of the molecule is COc1ncccc1-c1ccc(C=C[C@@H]2[C@H]3[C@@H](CC(F)(F)[C@H]2C)S(=O)(=O)N(C(=O)O)[C@@]3(C)C(C)(C)C)nc1. The average Bonchev–Trinajstić information content (AvgIpc) is 3.01. The number of halogens is 2. The third-order valence-corrected chi connectivity index (χ3v) is 10.8. The second kappa shape index (κ2) is 9.29. The molecular weight excluding hydrogens is 516 g/mol. The van der Waals surface area contributed by atoms with Crippen molar-refractivity contribution >= 4 is 22.2 Å². The van der Waals surface area contributed by atoms with Crippen LogP contribution in [0.1, 0.15) is 46.7 Å². The van der Waals surface area contributed by atoms with Gasteiger partial charge in [-0.2, -0.15) is 4.31 Å². The smallest absolute Gasteiger partial charge is 0.421 e. The molecule has 2 aliphatic rings. The zero-order chi connectivity index (χ0) is 28.3. The Morgan fingerprint density at radius 2 is 1.92 bits per heavy atom. The van der Waals surface area contributed by atoms with Crippen molar-refractivity contribution in [3.63, 3.8) is 0 Å². The van der Waals surface area contributed by atoms with Gasteiger partial charge >= 0.3 is 6.09 Å². The fourth-order valence-corrected chi connectivity index (χ4v) is 8.69. The topological polar surface area (TPSA) is 110 Å². The van der Waals surface area contributed by atoms with Crippen LogP contribution in [-0.2, 0) is 10.0 Å². The van der Waals surface area contributed by atoms with Crippen molar-refractivity contribution in [3.05, 3.63) is 48.4 Å². The molecule has 3 heterocycles. The van der Waals surface area contributed by atoms with Crippen LogP contribution in [0, 0.1) is 23.2 Å². The number of hydrogen-bond donors (Lipinski definition) is 1. The Morgan fingerprint density at radius 3 is 2.47 bits per heavy atom. The van der Waals surface area contributed by atoms with Crippen molar-refractivity contribution < 1.29 is 31.8 Å². The summed E-state index contributed by atoms with van der Waals surface area (Å²) in [5, 5.41) is 8.43. The second-order valence-corrected chi connectivity index (χ2v) is 13.3. The van der Waals surface area contributed by atoms with E-state index < -0.39 is 62.4 Å². The highest BCUT2D eigenvalue weighted by Crippen LogP contribution is 2.61. The number of sulfonamides is 1. The third-order valence-electron chi connectivity index (χ3n) is 8.48. The maximum atomic E-state index is 15.2. The van der Waals surface area contributed by atoms with Gasteiger partial charge in [-0.15, -0.1) is 0 Å². The molecule has 1 aliphatic carbocycles. The van der Waals surface area contributed by atoms with E-state index in [1.165, 1.54) is 14.0 Å². The van der Waals surface area contributed by atoms with Gasteiger partial charge in [-0.1, -0.05) is 39.8 Å². The van der Waals surface area contributed by atoms with Gasteiger partial charge in [-0.05, 0) is 42.5 Å². The highest BCUT2D eigenvalue weighted by molar-refractivity contribution is 7.90. The predicted molar refractivity (Wildman–Crippen MR) is 139 cm³/mol. The monoisotopic (exact) mass is 549 g/mol. The predicted octanol–water partition coefficient (Wildman–Crippen LogP) is 5.57. The molecule has 0 unspecified atom stereocenters. The van der Waals surface area contributed by atoms with Crippen LogP contribution in [0.15, 0.2) is 42.7 Å². The van der Waals surface area contributed by atoms with Gasteiger partial charge in [0.1, 0.15) is 0 Å². The second-order valence-electron chi connectivity index (χ2n) is 11.3. The van der Waals surface area contributed by atoms with Crippen molar-refractivity contribution in [2.24, 2.45) is 23.2 Å². The van der Waals surface area contributed by atoms with Crippen molar-refractivity contribution in [2.75, 3.05) is 7.11 Å². The van der Waals surface area contributed by atoms with Crippen LogP contribution >= 0.6 is 0 Å². The summed E-state index contributed by atoms with van der Waals surface area (Å²) in [5.74, 6) is -5.89. The zero-order valence-electron chi connectivity index (χ0n) is 22.2. The number of alkyl halides is 2. The molecule has 0 aromatic carbocycles. The van der Waals surface area contributed by atoms with Crippen LogP contribution in [0.5, 0.6) is 5.88 Å². The molecule has 38 heavy (non-hydrogen) atoms.